The SMILES string of the molecule is CN1CC(CC2CCCNC2)c2cc(Br)ccc21. The molecule has 0 aliphatic carbocycles. The van der Waals surface area contributed by atoms with Crippen molar-refractivity contribution in [3.05, 3.63) is 28.2 Å². The Kier molecular flexibility index (Phi) is 3.62. The maximum absolute atomic E-state index is 3.61. The standard InChI is InChI=1S/C15H21BrN2/c1-18-10-12(7-11-3-2-6-17-9-11)14-8-13(16)4-5-15(14)18/h4-5,8,11-12,17H,2-3,6-7,9-10H2,1H3. The summed E-state index contributed by atoms with van der Waals surface area (Å²) in [5.41, 5.74) is 2.96. The van der Waals surface area contributed by atoms with Crippen LogP contribution in [0.25, 0.3) is 0 Å². The Hall–Kier alpha value is -0.540. The molecule has 2 unspecified atom stereocenters. The van der Waals surface area contributed by atoms with E-state index in [1.54, 1.807) is 0 Å². The van der Waals surface area contributed by atoms with E-state index in [0.717, 1.165) is 5.92 Å². The summed E-state index contributed by atoms with van der Waals surface area (Å²) >= 11 is 3.61. The van der Waals surface area contributed by atoms with E-state index in [4.69, 9.17) is 0 Å². The maximum Gasteiger partial charge on any atom is 0.0400 e. The number of fused-ring (bicyclic) bond motifs is 1. The van der Waals surface area contributed by atoms with Gasteiger partial charge >= 0.3 is 0 Å². The summed E-state index contributed by atoms with van der Waals surface area (Å²) in [6.45, 7) is 3.61. The van der Waals surface area contributed by atoms with Gasteiger partial charge in [-0.3, -0.25) is 0 Å². The number of nitrogens with zero attached hydrogens (tertiary/aromatic N) is 1. The van der Waals surface area contributed by atoms with Gasteiger partial charge in [-0.15, -0.1) is 0 Å². The van der Waals surface area contributed by atoms with E-state index < -0.39 is 0 Å². The molecule has 0 saturated carbocycles. The first kappa shape index (κ1) is 12.5. The fourth-order valence-corrected chi connectivity index (χ4v) is 3.84. The van der Waals surface area contributed by atoms with Gasteiger partial charge in [0.05, 0.1) is 0 Å². The third-order valence-corrected chi connectivity index (χ3v) is 4.84. The van der Waals surface area contributed by atoms with E-state index in [0.29, 0.717) is 5.92 Å². The Bertz CT molecular complexity index is 427. The predicted molar refractivity (Wildman–Crippen MR) is 80.4 cm³/mol. The number of piperidine rings is 1. The van der Waals surface area contributed by atoms with Crippen LogP contribution in [0.15, 0.2) is 22.7 Å². The molecule has 2 aliphatic heterocycles. The van der Waals surface area contributed by atoms with Gasteiger partial charge in [-0.05, 0) is 62.0 Å². The van der Waals surface area contributed by atoms with Crippen LogP contribution in [0.3, 0.4) is 0 Å². The minimum atomic E-state index is 0.715. The lowest BCUT2D eigenvalue weighted by molar-refractivity contribution is 0.339. The van der Waals surface area contributed by atoms with Crippen LogP contribution in [0.1, 0.15) is 30.7 Å². The summed E-state index contributed by atoms with van der Waals surface area (Å²) in [6, 6.07) is 6.72. The molecule has 0 spiro atoms. The van der Waals surface area contributed by atoms with Gasteiger partial charge < -0.3 is 10.2 Å². The molecule has 2 heterocycles. The van der Waals surface area contributed by atoms with Gasteiger partial charge in [0, 0.05) is 29.7 Å². The van der Waals surface area contributed by atoms with Crippen molar-refractivity contribution >= 4 is 21.6 Å². The minimum absolute atomic E-state index is 0.715. The van der Waals surface area contributed by atoms with E-state index >= 15 is 0 Å². The summed E-state index contributed by atoms with van der Waals surface area (Å²) in [5, 5.41) is 3.53. The van der Waals surface area contributed by atoms with Gasteiger partial charge in [0.2, 0.25) is 0 Å². The Morgan fingerprint density at radius 3 is 3.11 bits per heavy atom. The zero-order valence-corrected chi connectivity index (χ0v) is 12.5. The normalized spacial score (nSPS) is 27.3. The number of anilines is 1. The number of benzene rings is 1. The molecular weight excluding hydrogens is 288 g/mol. The Balaban J connectivity index is 1.76. The molecule has 18 heavy (non-hydrogen) atoms. The van der Waals surface area contributed by atoms with Crippen molar-refractivity contribution < 1.29 is 0 Å². The largest absolute Gasteiger partial charge is 0.374 e. The first-order valence-electron chi connectivity index (χ1n) is 6.95. The molecule has 98 valence electrons. The summed E-state index contributed by atoms with van der Waals surface area (Å²) in [6.07, 6.45) is 4.08. The van der Waals surface area contributed by atoms with Gasteiger partial charge in [0.15, 0.2) is 0 Å². The minimum Gasteiger partial charge on any atom is -0.374 e. The summed E-state index contributed by atoms with van der Waals surface area (Å²) in [5.74, 6) is 1.58. The Morgan fingerprint density at radius 1 is 1.44 bits per heavy atom. The molecule has 2 aliphatic rings. The van der Waals surface area contributed by atoms with Crippen LogP contribution in [0, 0.1) is 5.92 Å². The smallest absolute Gasteiger partial charge is 0.0400 e. The van der Waals surface area contributed by atoms with Crippen LogP contribution in [-0.4, -0.2) is 26.7 Å². The fraction of sp³-hybridized carbons (Fsp3) is 0.600. The zero-order valence-electron chi connectivity index (χ0n) is 11.0. The van der Waals surface area contributed by atoms with Gasteiger partial charge in [0.1, 0.15) is 0 Å². The third kappa shape index (κ3) is 2.43. The van der Waals surface area contributed by atoms with Crippen molar-refractivity contribution in [3.8, 4) is 0 Å². The quantitative estimate of drug-likeness (QED) is 0.901. The van der Waals surface area contributed by atoms with Crippen molar-refractivity contribution in [2.24, 2.45) is 5.92 Å². The predicted octanol–water partition coefficient (Wildman–Crippen LogP) is 3.37. The molecule has 0 amide bonds. The molecule has 3 rings (SSSR count). The van der Waals surface area contributed by atoms with Gasteiger partial charge in [-0.2, -0.15) is 0 Å². The van der Waals surface area contributed by atoms with Crippen molar-refractivity contribution in [2.75, 3.05) is 31.6 Å². The number of hydrogen-bond acceptors (Lipinski definition) is 2. The van der Waals surface area contributed by atoms with Crippen LogP contribution in [0.5, 0.6) is 0 Å². The molecular formula is C15H21BrN2. The van der Waals surface area contributed by atoms with Gasteiger partial charge in [-0.1, -0.05) is 15.9 Å². The van der Waals surface area contributed by atoms with Gasteiger partial charge in [-0.25, -0.2) is 0 Å². The first-order chi connectivity index (χ1) is 8.74. The second kappa shape index (κ2) is 5.22. The molecule has 0 radical (unpaired) electrons. The highest BCUT2D eigenvalue weighted by molar-refractivity contribution is 9.10. The molecule has 1 N–H and O–H groups in total. The van der Waals surface area contributed by atoms with E-state index in [9.17, 15) is 0 Å². The number of likely N-dealkylation sites (N-methyl/N-ethyl adjacent to an activating group) is 1. The van der Waals surface area contributed by atoms with Crippen LogP contribution in [-0.2, 0) is 0 Å². The monoisotopic (exact) mass is 308 g/mol. The molecule has 2 nitrogen and oxygen atoms in total. The second-order valence-electron chi connectivity index (χ2n) is 5.73. The van der Waals surface area contributed by atoms with Crippen molar-refractivity contribution in [1.82, 2.24) is 5.32 Å². The molecule has 1 saturated heterocycles. The van der Waals surface area contributed by atoms with E-state index in [1.807, 2.05) is 0 Å². The number of hydrogen-bond donors (Lipinski definition) is 1. The third-order valence-electron chi connectivity index (χ3n) is 4.35. The topological polar surface area (TPSA) is 15.3 Å². The van der Waals surface area contributed by atoms with Gasteiger partial charge in [0.25, 0.3) is 0 Å². The summed E-state index contributed by atoms with van der Waals surface area (Å²) in [4.78, 5) is 2.41. The average Bonchev–Trinajstić information content (AvgIpc) is 2.67. The molecule has 0 bridgehead atoms. The number of nitrogens with one attached hydrogen (secondary N) is 1. The van der Waals surface area contributed by atoms with E-state index in [1.165, 1.54) is 54.6 Å². The van der Waals surface area contributed by atoms with E-state index in [-0.39, 0.29) is 0 Å². The molecule has 2 atom stereocenters. The lowest BCUT2D eigenvalue weighted by atomic mass is 9.86. The lowest BCUT2D eigenvalue weighted by Gasteiger charge is -2.25. The zero-order chi connectivity index (χ0) is 12.5. The molecule has 3 heteroatoms. The molecule has 0 aromatic heterocycles. The molecule has 1 fully saturated rings. The lowest BCUT2D eigenvalue weighted by Crippen LogP contribution is -2.31. The number of rotatable bonds is 2. The molecule has 1 aromatic carbocycles. The maximum atomic E-state index is 3.61. The second-order valence-corrected chi connectivity index (χ2v) is 6.64. The summed E-state index contributed by atoms with van der Waals surface area (Å²) < 4.78 is 1.21. The van der Waals surface area contributed by atoms with Crippen LogP contribution < -0.4 is 10.2 Å². The highest BCUT2D eigenvalue weighted by atomic mass is 79.9. The van der Waals surface area contributed by atoms with Crippen LogP contribution in [0.4, 0.5) is 5.69 Å². The Morgan fingerprint density at radius 2 is 2.33 bits per heavy atom. The Labute approximate surface area is 118 Å². The fourth-order valence-electron chi connectivity index (χ4n) is 3.46. The molecule has 1 aromatic rings. The van der Waals surface area contributed by atoms with Crippen molar-refractivity contribution in [2.45, 2.75) is 25.2 Å². The highest BCUT2D eigenvalue weighted by Crippen LogP contribution is 2.40. The van der Waals surface area contributed by atoms with Crippen LogP contribution >= 0.6 is 15.9 Å². The first-order valence-corrected chi connectivity index (χ1v) is 7.74. The van der Waals surface area contributed by atoms with Crippen LogP contribution in [0.2, 0.25) is 0 Å². The average molecular weight is 309 g/mol. The number of halogens is 1. The summed E-state index contributed by atoms with van der Waals surface area (Å²) in [7, 11) is 2.21. The van der Waals surface area contributed by atoms with Crippen molar-refractivity contribution in [3.63, 3.8) is 0 Å². The highest BCUT2D eigenvalue weighted by Gasteiger charge is 2.29. The van der Waals surface area contributed by atoms with Crippen molar-refractivity contribution in [1.29, 1.82) is 0 Å². The van der Waals surface area contributed by atoms with E-state index in [2.05, 4.69) is 51.4 Å².